The molecule has 0 amide bonds. The third kappa shape index (κ3) is 62.8. The van der Waals surface area contributed by atoms with E-state index in [1.807, 2.05) is 0 Å². The monoisotopic (exact) mass is 1070 g/mol. The van der Waals surface area contributed by atoms with Gasteiger partial charge < -0.3 is 14.2 Å². The maximum atomic E-state index is 12.9. The van der Waals surface area contributed by atoms with Gasteiger partial charge in [0.15, 0.2) is 6.10 Å². The lowest BCUT2D eigenvalue weighted by molar-refractivity contribution is -0.167. The van der Waals surface area contributed by atoms with E-state index in [1.54, 1.807) is 0 Å². The van der Waals surface area contributed by atoms with Crippen LogP contribution in [-0.2, 0) is 28.6 Å². The molecule has 0 heterocycles. The van der Waals surface area contributed by atoms with E-state index in [1.165, 1.54) is 128 Å². The van der Waals surface area contributed by atoms with Crippen LogP contribution in [0.1, 0.15) is 303 Å². The minimum atomic E-state index is -0.794. The van der Waals surface area contributed by atoms with E-state index >= 15 is 0 Å². The Hall–Kier alpha value is -3.93. The number of ether oxygens (including phenoxy) is 3. The topological polar surface area (TPSA) is 78.9 Å². The Morgan fingerprint density at radius 2 is 0.506 bits per heavy atom. The molecular formula is C71H120O6. The Kier molecular flexibility index (Phi) is 61.3. The Morgan fingerprint density at radius 1 is 0.273 bits per heavy atom. The summed E-state index contributed by atoms with van der Waals surface area (Å²) in [6.45, 7) is 6.40. The van der Waals surface area contributed by atoms with E-state index < -0.39 is 6.10 Å². The van der Waals surface area contributed by atoms with Crippen LogP contribution in [0.2, 0.25) is 0 Å². The van der Waals surface area contributed by atoms with E-state index in [-0.39, 0.29) is 31.1 Å². The summed E-state index contributed by atoms with van der Waals surface area (Å²) in [7, 11) is 0. The Balaban J connectivity index is 4.33. The molecule has 0 saturated carbocycles. The van der Waals surface area contributed by atoms with Gasteiger partial charge in [-0.25, -0.2) is 0 Å². The van der Waals surface area contributed by atoms with Crippen molar-refractivity contribution < 1.29 is 28.6 Å². The van der Waals surface area contributed by atoms with Crippen molar-refractivity contribution in [2.75, 3.05) is 13.2 Å². The zero-order valence-corrected chi connectivity index (χ0v) is 50.4. The van der Waals surface area contributed by atoms with Gasteiger partial charge in [0.1, 0.15) is 13.2 Å². The van der Waals surface area contributed by atoms with Crippen molar-refractivity contribution in [3.05, 3.63) is 109 Å². The molecule has 0 aromatic carbocycles. The van der Waals surface area contributed by atoms with Gasteiger partial charge in [-0.05, 0) is 122 Å². The number of hydrogen-bond donors (Lipinski definition) is 0. The molecule has 440 valence electrons. The zero-order valence-electron chi connectivity index (χ0n) is 50.4. The van der Waals surface area contributed by atoms with Crippen molar-refractivity contribution in [3.63, 3.8) is 0 Å². The molecule has 0 aliphatic heterocycles. The van der Waals surface area contributed by atoms with Crippen LogP contribution in [0.5, 0.6) is 0 Å². The highest BCUT2D eigenvalue weighted by molar-refractivity contribution is 5.71. The first-order valence-electron chi connectivity index (χ1n) is 32.4. The normalized spacial score (nSPS) is 12.8. The molecule has 0 aliphatic rings. The fraction of sp³-hybridized carbons (Fsp3) is 0.704. The van der Waals surface area contributed by atoms with Gasteiger partial charge in [0, 0.05) is 19.3 Å². The van der Waals surface area contributed by atoms with E-state index in [4.69, 9.17) is 14.2 Å². The molecule has 77 heavy (non-hydrogen) atoms. The molecule has 0 bridgehead atoms. The second-order valence-corrected chi connectivity index (χ2v) is 21.3. The van der Waals surface area contributed by atoms with Crippen LogP contribution >= 0.6 is 0 Å². The number of esters is 3. The summed E-state index contributed by atoms with van der Waals surface area (Å²) in [6, 6.07) is 0. The SMILES string of the molecule is CC/C=C\C/C=C\C/C=C\CCCCCCCCCC(=O)OC(COC(=O)CCCCCCC/C=C\C/C=C\C/C=C\CC)COC(=O)CCCCCCCCCCCCCC/C=C\C/C=C\C/C=C\CCCCCCC. The van der Waals surface area contributed by atoms with Crippen LogP contribution in [0.4, 0.5) is 0 Å². The first-order valence-corrected chi connectivity index (χ1v) is 32.4. The van der Waals surface area contributed by atoms with Crippen molar-refractivity contribution in [2.45, 2.75) is 309 Å². The fourth-order valence-corrected chi connectivity index (χ4v) is 8.95. The van der Waals surface area contributed by atoms with Gasteiger partial charge in [-0.1, -0.05) is 271 Å². The molecule has 0 N–H and O–H groups in total. The van der Waals surface area contributed by atoms with Gasteiger partial charge in [-0.2, -0.15) is 0 Å². The third-order valence-electron chi connectivity index (χ3n) is 13.7. The maximum absolute atomic E-state index is 12.9. The molecule has 0 saturated heterocycles. The number of carbonyl (C=O) groups is 3. The lowest BCUT2D eigenvalue weighted by atomic mass is 10.0. The van der Waals surface area contributed by atoms with Crippen LogP contribution in [0.3, 0.4) is 0 Å². The summed E-state index contributed by atoms with van der Waals surface area (Å²) in [5.41, 5.74) is 0. The standard InChI is InChI=1S/C71H120O6/c1-4-7-10-13-16-19-22-25-28-30-31-32-33-34-35-36-37-38-39-41-43-46-49-52-55-58-61-64-70(73)76-67-68(66-75-69(72)63-60-57-54-51-48-45-42-27-24-21-18-15-12-9-6-3)77-71(74)65-62-59-56-53-50-47-44-40-29-26-23-20-17-14-11-8-5-2/h8-9,11-12,17-18,20-22,25-27,29-31,33-34,42,68H,4-7,10,13-16,19,23-24,28,32,35-41,43-67H2,1-3H3/b11-8-,12-9-,20-17-,21-18-,25-22-,29-26-,31-30-,34-33-,42-27-. The van der Waals surface area contributed by atoms with Crippen LogP contribution in [0.25, 0.3) is 0 Å². The first kappa shape index (κ1) is 73.1. The molecule has 0 radical (unpaired) electrons. The highest BCUT2D eigenvalue weighted by Gasteiger charge is 2.19. The van der Waals surface area contributed by atoms with Gasteiger partial charge in [0.25, 0.3) is 0 Å². The van der Waals surface area contributed by atoms with Crippen LogP contribution < -0.4 is 0 Å². The second-order valence-electron chi connectivity index (χ2n) is 21.3. The molecule has 1 atom stereocenters. The highest BCUT2D eigenvalue weighted by Crippen LogP contribution is 2.16. The van der Waals surface area contributed by atoms with Gasteiger partial charge in [-0.3, -0.25) is 14.4 Å². The van der Waals surface area contributed by atoms with Crippen LogP contribution in [0, 0.1) is 0 Å². The zero-order chi connectivity index (χ0) is 55.7. The van der Waals surface area contributed by atoms with Gasteiger partial charge in [0.2, 0.25) is 0 Å². The maximum Gasteiger partial charge on any atom is 0.306 e. The highest BCUT2D eigenvalue weighted by atomic mass is 16.6. The number of unbranched alkanes of at least 4 members (excludes halogenated alkanes) is 29. The first-order chi connectivity index (χ1) is 38.0. The molecule has 0 rings (SSSR count). The van der Waals surface area contributed by atoms with Crippen molar-refractivity contribution in [1.29, 1.82) is 0 Å². The van der Waals surface area contributed by atoms with Crippen LogP contribution in [-0.4, -0.2) is 37.2 Å². The van der Waals surface area contributed by atoms with E-state index in [0.29, 0.717) is 19.3 Å². The molecule has 0 spiro atoms. The molecular weight excluding hydrogens is 949 g/mol. The Morgan fingerprint density at radius 3 is 0.792 bits per heavy atom. The molecule has 1 unspecified atom stereocenters. The average Bonchev–Trinajstić information content (AvgIpc) is 3.43. The van der Waals surface area contributed by atoms with E-state index in [2.05, 4.69) is 130 Å². The summed E-state index contributed by atoms with van der Waals surface area (Å²) in [6.07, 6.45) is 88.1. The number of rotatable bonds is 58. The summed E-state index contributed by atoms with van der Waals surface area (Å²) in [5, 5.41) is 0. The number of allylic oxidation sites excluding steroid dienone is 18. The lowest BCUT2D eigenvalue weighted by Gasteiger charge is -2.18. The molecule has 6 nitrogen and oxygen atoms in total. The summed E-state index contributed by atoms with van der Waals surface area (Å²) in [4.78, 5) is 38.3. The Labute approximate surface area is 476 Å². The molecule has 0 aromatic heterocycles. The van der Waals surface area contributed by atoms with E-state index in [9.17, 15) is 14.4 Å². The molecule has 0 fully saturated rings. The molecule has 0 aromatic rings. The average molecular weight is 1070 g/mol. The number of hydrogen-bond acceptors (Lipinski definition) is 6. The predicted molar refractivity (Wildman–Crippen MR) is 334 cm³/mol. The van der Waals surface area contributed by atoms with Crippen molar-refractivity contribution >= 4 is 17.9 Å². The third-order valence-corrected chi connectivity index (χ3v) is 13.7. The molecule has 0 aliphatic carbocycles. The lowest BCUT2D eigenvalue weighted by Crippen LogP contribution is -2.30. The smallest absolute Gasteiger partial charge is 0.306 e. The fourth-order valence-electron chi connectivity index (χ4n) is 8.95. The van der Waals surface area contributed by atoms with Crippen molar-refractivity contribution in [2.24, 2.45) is 0 Å². The van der Waals surface area contributed by atoms with Crippen molar-refractivity contribution in [1.82, 2.24) is 0 Å². The van der Waals surface area contributed by atoms with Gasteiger partial charge >= 0.3 is 17.9 Å². The molecule has 6 heteroatoms. The quantitative estimate of drug-likeness (QED) is 0.0261. The second kappa shape index (κ2) is 64.6. The predicted octanol–water partition coefficient (Wildman–Crippen LogP) is 22.2. The van der Waals surface area contributed by atoms with Gasteiger partial charge in [-0.15, -0.1) is 0 Å². The van der Waals surface area contributed by atoms with E-state index in [0.717, 1.165) is 135 Å². The summed E-state index contributed by atoms with van der Waals surface area (Å²) in [5.74, 6) is -0.911. The minimum Gasteiger partial charge on any atom is -0.462 e. The largest absolute Gasteiger partial charge is 0.462 e. The van der Waals surface area contributed by atoms with Crippen LogP contribution in [0.15, 0.2) is 109 Å². The minimum absolute atomic E-state index is 0.0892. The summed E-state index contributed by atoms with van der Waals surface area (Å²) < 4.78 is 16.9. The van der Waals surface area contributed by atoms with Crippen molar-refractivity contribution in [3.8, 4) is 0 Å². The van der Waals surface area contributed by atoms with Gasteiger partial charge in [0.05, 0.1) is 0 Å². The Bertz CT molecular complexity index is 1560. The number of carbonyl (C=O) groups excluding carboxylic acids is 3. The summed E-state index contributed by atoms with van der Waals surface area (Å²) >= 11 is 0.